The van der Waals surface area contributed by atoms with E-state index in [1.165, 1.54) is 21.8 Å². The highest BCUT2D eigenvalue weighted by Gasteiger charge is 2.12. The molecule has 0 aliphatic heterocycles. The van der Waals surface area contributed by atoms with Crippen molar-refractivity contribution in [2.45, 2.75) is 13.5 Å². The van der Waals surface area contributed by atoms with Crippen LogP contribution >= 0.6 is 11.3 Å². The number of hydrogen-bond acceptors (Lipinski definition) is 5. The van der Waals surface area contributed by atoms with Crippen LogP contribution in [0.3, 0.4) is 0 Å². The first-order valence-corrected chi connectivity index (χ1v) is 6.73. The number of carboxylic acid groups (broad SMARTS) is 1. The fourth-order valence-corrected chi connectivity index (χ4v) is 2.79. The molecule has 0 saturated heterocycles. The van der Waals surface area contributed by atoms with E-state index in [-0.39, 0.29) is 25.2 Å². The van der Waals surface area contributed by atoms with Crippen molar-refractivity contribution in [3.63, 3.8) is 0 Å². The highest BCUT2D eigenvalue weighted by Crippen LogP contribution is 2.12. The Balaban J connectivity index is 2.31. The number of aryl methyl sites for hydroxylation is 1. The molecule has 0 aromatic carbocycles. The maximum Gasteiger partial charge on any atom is 0.317 e. The Morgan fingerprint density at radius 1 is 1.65 bits per heavy atom. The van der Waals surface area contributed by atoms with Crippen LogP contribution in [0, 0.1) is 19.3 Å². The first-order valence-electron chi connectivity index (χ1n) is 5.85. The molecular formula is C13H13N3O3S. The van der Waals surface area contributed by atoms with Crippen LogP contribution in [-0.4, -0.2) is 38.4 Å². The van der Waals surface area contributed by atoms with Gasteiger partial charge < -0.3 is 5.11 Å². The zero-order valence-corrected chi connectivity index (χ0v) is 11.7. The summed E-state index contributed by atoms with van der Waals surface area (Å²) in [6.07, 6.45) is 5.21. The minimum atomic E-state index is -0.968. The van der Waals surface area contributed by atoms with Crippen molar-refractivity contribution in [3.05, 3.63) is 33.2 Å². The van der Waals surface area contributed by atoms with Crippen LogP contribution in [0.1, 0.15) is 11.4 Å². The molecule has 0 radical (unpaired) electrons. The molecule has 6 nitrogen and oxygen atoms in total. The number of carbonyl (C=O) groups is 1. The third-order valence-electron chi connectivity index (χ3n) is 2.69. The minimum absolute atomic E-state index is 0.167. The molecule has 0 bridgehead atoms. The number of rotatable bonds is 5. The maximum absolute atomic E-state index is 12.0. The van der Waals surface area contributed by atoms with Gasteiger partial charge in [0.1, 0.15) is 0 Å². The first-order chi connectivity index (χ1) is 9.51. The predicted octanol–water partition coefficient (Wildman–Crippen LogP) is 0.584. The lowest BCUT2D eigenvalue weighted by Crippen LogP contribution is -2.30. The summed E-state index contributed by atoms with van der Waals surface area (Å²) >= 11 is 1.37. The van der Waals surface area contributed by atoms with Gasteiger partial charge in [-0.15, -0.1) is 17.8 Å². The topological polar surface area (TPSA) is 74.9 Å². The van der Waals surface area contributed by atoms with E-state index in [1.54, 1.807) is 4.90 Å². The highest BCUT2D eigenvalue weighted by molar-refractivity contribution is 7.15. The van der Waals surface area contributed by atoms with Gasteiger partial charge in [-0.25, -0.2) is 4.98 Å². The molecule has 0 aliphatic carbocycles. The number of nitrogens with zero attached hydrogens (tertiary/aromatic N) is 3. The fraction of sp³-hybridized carbons (Fsp3) is 0.308. The van der Waals surface area contributed by atoms with E-state index in [0.29, 0.717) is 10.7 Å². The van der Waals surface area contributed by atoms with E-state index in [0.717, 1.165) is 5.69 Å². The number of fused-ring (bicyclic) bond motifs is 1. The van der Waals surface area contributed by atoms with Crippen LogP contribution in [-0.2, 0) is 11.3 Å². The van der Waals surface area contributed by atoms with Gasteiger partial charge >= 0.3 is 5.97 Å². The molecule has 2 heterocycles. The molecule has 2 aromatic heterocycles. The molecule has 0 amide bonds. The second kappa shape index (κ2) is 5.86. The average molecular weight is 291 g/mol. The van der Waals surface area contributed by atoms with Crippen LogP contribution in [0.2, 0.25) is 0 Å². The van der Waals surface area contributed by atoms with E-state index < -0.39 is 5.97 Å². The normalized spacial score (nSPS) is 10.8. The molecule has 0 aliphatic rings. The van der Waals surface area contributed by atoms with Gasteiger partial charge in [-0.3, -0.25) is 18.9 Å². The molecule has 0 atom stereocenters. The number of aliphatic carboxylic acids is 1. The van der Waals surface area contributed by atoms with E-state index in [9.17, 15) is 9.59 Å². The Morgan fingerprint density at radius 3 is 3.05 bits per heavy atom. The SMILES string of the molecule is C#CCN(CC(=O)O)Cc1cc(=O)n2c(C)csc2n1. The van der Waals surface area contributed by atoms with Crippen molar-refractivity contribution in [2.24, 2.45) is 0 Å². The number of aromatic nitrogens is 2. The van der Waals surface area contributed by atoms with Gasteiger partial charge in [0.2, 0.25) is 0 Å². The van der Waals surface area contributed by atoms with Gasteiger partial charge in [-0.05, 0) is 6.92 Å². The van der Waals surface area contributed by atoms with Crippen molar-refractivity contribution in [2.75, 3.05) is 13.1 Å². The summed E-state index contributed by atoms with van der Waals surface area (Å²) in [6, 6.07) is 1.41. The molecule has 0 spiro atoms. The molecule has 2 rings (SSSR count). The first kappa shape index (κ1) is 14.2. The molecule has 104 valence electrons. The number of terminal acetylenes is 1. The minimum Gasteiger partial charge on any atom is -0.480 e. The number of thiazole rings is 1. The van der Waals surface area contributed by atoms with E-state index in [2.05, 4.69) is 10.9 Å². The number of carboxylic acids is 1. The smallest absolute Gasteiger partial charge is 0.317 e. The lowest BCUT2D eigenvalue weighted by molar-refractivity contribution is -0.138. The standard InChI is InChI=1S/C13H13N3O3S/c1-3-4-15(7-12(18)19)6-10-5-11(17)16-9(2)8-20-13(16)14-10/h1,5,8H,4,6-7H2,2H3,(H,18,19). The van der Waals surface area contributed by atoms with Crippen molar-refractivity contribution < 1.29 is 9.90 Å². The summed E-state index contributed by atoms with van der Waals surface area (Å²) < 4.78 is 1.52. The van der Waals surface area contributed by atoms with Crippen LogP contribution in [0.4, 0.5) is 0 Å². The van der Waals surface area contributed by atoms with Gasteiger partial charge in [0.05, 0.1) is 18.8 Å². The molecule has 2 aromatic rings. The Kier molecular flexibility index (Phi) is 4.17. The quantitative estimate of drug-likeness (QED) is 0.816. The van der Waals surface area contributed by atoms with Crippen molar-refractivity contribution in [3.8, 4) is 12.3 Å². The Hall–Kier alpha value is -2.17. The molecule has 0 unspecified atom stereocenters. The third-order valence-corrected chi connectivity index (χ3v) is 3.63. The van der Waals surface area contributed by atoms with Crippen LogP contribution in [0.25, 0.3) is 4.96 Å². The summed E-state index contributed by atoms with van der Waals surface area (Å²) in [4.78, 5) is 29.3. The monoisotopic (exact) mass is 291 g/mol. The Morgan fingerprint density at radius 2 is 2.40 bits per heavy atom. The lowest BCUT2D eigenvalue weighted by atomic mass is 10.3. The fourth-order valence-electron chi connectivity index (χ4n) is 1.90. The van der Waals surface area contributed by atoms with Gasteiger partial charge in [0, 0.05) is 23.7 Å². The summed E-state index contributed by atoms with van der Waals surface area (Å²) in [5.74, 6) is 1.44. The lowest BCUT2D eigenvalue weighted by Gasteiger charge is -2.16. The summed E-state index contributed by atoms with van der Waals surface area (Å²) in [5, 5.41) is 10.7. The van der Waals surface area contributed by atoms with Gasteiger partial charge in [-0.1, -0.05) is 5.92 Å². The maximum atomic E-state index is 12.0. The number of hydrogen-bond donors (Lipinski definition) is 1. The largest absolute Gasteiger partial charge is 0.480 e. The molecule has 20 heavy (non-hydrogen) atoms. The Labute approximate surface area is 119 Å². The van der Waals surface area contributed by atoms with Crippen LogP contribution < -0.4 is 5.56 Å². The molecule has 7 heteroatoms. The van der Waals surface area contributed by atoms with Gasteiger partial charge in [0.25, 0.3) is 5.56 Å². The van der Waals surface area contributed by atoms with Crippen molar-refractivity contribution >= 4 is 22.3 Å². The van der Waals surface area contributed by atoms with E-state index in [4.69, 9.17) is 11.5 Å². The summed E-state index contributed by atoms with van der Waals surface area (Å²) in [7, 11) is 0. The Bertz CT molecular complexity index is 741. The zero-order chi connectivity index (χ0) is 14.7. The highest BCUT2D eigenvalue weighted by atomic mass is 32.1. The second-order valence-electron chi connectivity index (χ2n) is 4.32. The predicted molar refractivity (Wildman–Crippen MR) is 75.8 cm³/mol. The van der Waals surface area contributed by atoms with Crippen LogP contribution in [0.15, 0.2) is 16.2 Å². The third kappa shape index (κ3) is 3.04. The van der Waals surface area contributed by atoms with Crippen LogP contribution in [0.5, 0.6) is 0 Å². The van der Waals surface area contributed by atoms with Gasteiger partial charge in [0.15, 0.2) is 4.96 Å². The molecule has 1 N–H and O–H groups in total. The molecule has 0 saturated carbocycles. The van der Waals surface area contributed by atoms with Crippen molar-refractivity contribution in [1.82, 2.24) is 14.3 Å². The van der Waals surface area contributed by atoms with E-state index >= 15 is 0 Å². The van der Waals surface area contributed by atoms with Crippen molar-refractivity contribution in [1.29, 1.82) is 0 Å². The average Bonchev–Trinajstić information content (AvgIpc) is 2.70. The van der Waals surface area contributed by atoms with E-state index in [1.807, 2.05) is 12.3 Å². The summed E-state index contributed by atoms with van der Waals surface area (Å²) in [6.45, 7) is 2.08. The van der Waals surface area contributed by atoms with Gasteiger partial charge in [-0.2, -0.15) is 0 Å². The second-order valence-corrected chi connectivity index (χ2v) is 5.16. The summed E-state index contributed by atoms with van der Waals surface area (Å²) in [5.41, 5.74) is 1.19. The molecular weight excluding hydrogens is 278 g/mol. The molecule has 0 fully saturated rings. The zero-order valence-electron chi connectivity index (χ0n) is 10.9.